The maximum atomic E-state index is 12.8. The largest absolute Gasteiger partial charge is 0.326 e. The van der Waals surface area contributed by atoms with Crippen LogP contribution in [-0.4, -0.2) is 17.1 Å². The zero-order valence-corrected chi connectivity index (χ0v) is 20.3. The number of benzene rings is 3. The quantitative estimate of drug-likeness (QED) is 0.314. The summed E-state index contributed by atoms with van der Waals surface area (Å²) >= 11 is 19.3. The van der Waals surface area contributed by atoms with Gasteiger partial charge in [0.25, 0.3) is 0 Å². The van der Waals surface area contributed by atoms with Gasteiger partial charge in [-0.3, -0.25) is 9.59 Å². The molecule has 0 bridgehead atoms. The fraction of sp³-hybridized carbons (Fsp3) is 0.167. The van der Waals surface area contributed by atoms with E-state index < -0.39 is 0 Å². The van der Waals surface area contributed by atoms with Crippen molar-refractivity contribution in [1.82, 2.24) is 0 Å². The van der Waals surface area contributed by atoms with Crippen molar-refractivity contribution in [2.45, 2.75) is 29.9 Å². The second kappa shape index (κ2) is 11.6. The highest BCUT2D eigenvalue weighted by atomic mass is 35.5. The van der Waals surface area contributed by atoms with Gasteiger partial charge in [-0.05, 0) is 60.5 Å². The standard InChI is InChI=1S/C24H21Cl3N2O2S/c1-2-22(24(31)29-20-12-17(26)11-18(27)13-20)32-21-5-3-4-19(14-21)28-23(30)10-15-6-8-16(25)9-7-15/h3-9,11-14,22H,2,10H2,1H3,(H,28,30)(H,29,31). The van der Waals surface area contributed by atoms with Crippen LogP contribution in [-0.2, 0) is 16.0 Å². The number of halogens is 3. The van der Waals surface area contributed by atoms with Crippen molar-refractivity contribution in [2.24, 2.45) is 0 Å². The molecule has 166 valence electrons. The van der Waals surface area contributed by atoms with Gasteiger partial charge in [-0.2, -0.15) is 0 Å². The molecule has 0 saturated heterocycles. The molecule has 32 heavy (non-hydrogen) atoms. The Morgan fingerprint density at radius 3 is 2.19 bits per heavy atom. The van der Waals surface area contributed by atoms with Crippen LogP contribution in [0.5, 0.6) is 0 Å². The molecule has 2 N–H and O–H groups in total. The summed E-state index contributed by atoms with van der Waals surface area (Å²) in [7, 11) is 0. The summed E-state index contributed by atoms with van der Waals surface area (Å²) in [5.74, 6) is -0.273. The monoisotopic (exact) mass is 506 g/mol. The average molecular weight is 508 g/mol. The Morgan fingerprint density at radius 2 is 1.53 bits per heavy atom. The van der Waals surface area contributed by atoms with Crippen LogP contribution in [0.4, 0.5) is 11.4 Å². The van der Waals surface area contributed by atoms with Gasteiger partial charge in [-0.1, -0.05) is 59.9 Å². The van der Waals surface area contributed by atoms with Crippen molar-refractivity contribution < 1.29 is 9.59 Å². The minimum absolute atomic E-state index is 0.128. The summed E-state index contributed by atoms with van der Waals surface area (Å²) in [6.45, 7) is 1.94. The molecule has 0 aromatic heterocycles. The summed E-state index contributed by atoms with van der Waals surface area (Å²) in [5.41, 5.74) is 2.10. The van der Waals surface area contributed by atoms with Crippen LogP contribution in [0.1, 0.15) is 18.9 Å². The molecule has 3 rings (SSSR count). The Labute approximate surface area is 206 Å². The van der Waals surface area contributed by atoms with Gasteiger partial charge >= 0.3 is 0 Å². The van der Waals surface area contributed by atoms with Gasteiger partial charge in [0, 0.05) is 31.3 Å². The molecule has 8 heteroatoms. The third kappa shape index (κ3) is 7.45. The minimum Gasteiger partial charge on any atom is -0.326 e. The molecule has 1 unspecified atom stereocenters. The fourth-order valence-corrected chi connectivity index (χ4v) is 4.64. The molecule has 4 nitrogen and oxygen atoms in total. The Bertz CT molecular complexity index is 1090. The highest BCUT2D eigenvalue weighted by Crippen LogP contribution is 2.29. The molecule has 0 heterocycles. The van der Waals surface area contributed by atoms with E-state index in [1.807, 2.05) is 43.3 Å². The summed E-state index contributed by atoms with van der Waals surface area (Å²) in [4.78, 5) is 26.0. The predicted octanol–water partition coefficient (Wildman–Crippen LogP) is 7.34. The van der Waals surface area contributed by atoms with Gasteiger partial charge in [-0.25, -0.2) is 0 Å². The molecule has 3 aromatic rings. The molecular weight excluding hydrogens is 487 g/mol. The number of nitrogens with one attached hydrogen (secondary N) is 2. The van der Waals surface area contributed by atoms with Crippen LogP contribution in [0.15, 0.2) is 71.6 Å². The lowest BCUT2D eigenvalue weighted by Crippen LogP contribution is -2.24. The second-order valence-electron chi connectivity index (χ2n) is 7.04. The van der Waals surface area contributed by atoms with Crippen molar-refractivity contribution in [3.05, 3.63) is 87.4 Å². The Morgan fingerprint density at radius 1 is 0.844 bits per heavy atom. The van der Waals surface area contributed by atoms with Gasteiger partial charge in [0.2, 0.25) is 11.8 Å². The van der Waals surface area contributed by atoms with Crippen molar-refractivity contribution >= 4 is 69.8 Å². The fourth-order valence-electron chi connectivity index (χ4n) is 2.98. The minimum atomic E-state index is -0.326. The highest BCUT2D eigenvalue weighted by Gasteiger charge is 2.19. The van der Waals surface area contributed by atoms with E-state index in [2.05, 4.69) is 10.6 Å². The van der Waals surface area contributed by atoms with Crippen LogP contribution >= 0.6 is 46.6 Å². The first-order valence-electron chi connectivity index (χ1n) is 9.90. The topological polar surface area (TPSA) is 58.2 Å². The molecule has 0 radical (unpaired) electrons. The number of thioether (sulfide) groups is 1. The first-order chi connectivity index (χ1) is 15.3. The lowest BCUT2D eigenvalue weighted by atomic mass is 10.1. The highest BCUT2D eigenvalue weighted by molar-refractivity contribution is 8.00. The maximum absolute atomic E-state index is 12.8. The van der Waals surface area contributed by atoms with Crippen LogP contribution in [0, 0.1) is 0 Å². The van der Waals surface area contributed by atoms with E-state index in [1.165, 1.54) is 11.8 Å². The average Bonchev–Trinajstić information content (AvgIpc) is 2.73. The second-order valence-corrected chi connectivity index (χ2v) is 9.63. The number of hydrogen-bond acceptors (Lipinski definition) is 3. The van der Waals surface area contributed by atoms with E-state index >= 15 is 0 Å². The maximum Gasteiger partial charge on any atom is 0.237 e. The van der Waals surface area contributed by atoms with Gasteiger partial charge in [0.1, 0.15) is 0 Å². The van der Waals surface area contributed by atoms with E-state index in [4.69, 9.17) is 34.8 Å². The Balaban J connectivity index is 1.62. The third-order valence-corrected chi connectivity index (χ3v) is 6.51. The van der Waals surface area contributed by atoms with Gasteiger partial charge < -0.3 is 10.6 Å². The van der Waals surface area contributed by atoms with Gasteiger partial charge in [0.05, 0.1) is 11.7 Å². The third-order valence-electron chi connectivity index (χ3n) is 4.47. The lowest BCUT2D eigenvalue weighted by molar-refractivity contribution is -0.116. The summed E-state index contributed by atoms with van der Waals surface area (Å²) in [5, 5.41) is 6.98. The molecule has 1 atom stereocenters. The predicted molar refractivity (Wildman–Crippen MR) is 135 cm³/mol. The van der Waals surface area contributed by atoms with Crippen molar-refractivity contribution in [2.75, 3.05) is 10.6 Å². The summed E-state index contributed by atoms with van der Waals surface area (Å²) in [6.07, 6.45) is 0.870. The van der Waals surface area contributed by atoms with E-state index in [1.54, 1.807) is 30.3 Å². The number of amides is 2. The number of rotatable bonds is 8. The van der Waals surface area contributed by atoms with E-state index in [0.717, 1.165) is 10.5 Å². The van der Waals surface area contributed by atoms with E-state index in [-0.39, 0.29) is 23.5 Å². The van der Waals surface area contributed by atoms with Crippen molar-refractivity contribution in [3.63, 3.8) is 0 Å². The number of carbonyl (C=O) groups excluding carboxylic acids is 2. The van der Waals surface area contributed by atoms with Crippen molar-refractivity contribution in [3.8, 4) is 0 Å². The Kier molecular flexibility index (Phi) is 8.88. The molecule has 0 saturated carbocycles. The molecule has 2 amide bonds. The van der Waals surface area contributed by atoms with E-state index in [0.29, 0.717) is 32.9 Å². The first-order valence-corrected chi connectivity index (χ1v) is 11.9. The summed E-state index contributed by atoms with van der Waals surface area (Å²) < 4.78 is 0. The molecule has 0 aliphatic carbocycles. The molecule has 0 aliphatic heterocycles. The van der Waals surface area contributed by atoms with Crippen LogP contribution in [0.3, 0.4) is 0 Å². The van der Waals surface area contributed by atoms with Crippen LogP contribution < -0.4 is 10.6 Å². The molecule has 0 fully saturated rings. The first kappa shape index (κ1) is 24.5. The smallest absolute Gasteiger partial charge is 0.237 e. The molecule has 3 aromatic carbocycles. The van der Waals surface area contributed by atoms with Crippen LogP contribution in [0.2, 0.25) is 15.1 Å². The summed E-state index contributed by atoms with van der Waals surface area (Å²) in [6, 6.07) is 19.5. The molecular formula is C24H21Cl3N2O2S. The normalized spacial score (nSPS) is 11.6. The van der Waals surface area contributed by atoms with Crippen molar-refractivity contribution in [1.29, 1.82) is 0 Å². The zero-order valence-electron chi connectivity index (χ0n) is 17.2. The number of anilines is 2. The van der Waals surface area contributed by atoms with Gasteiger partial charge in [0.15, 0.2) is 0 Å². The lowest BCUT2D eigenvalue weighted by Gasteiger charge is -2.16. The molecule has 0 spiro atoms. The molecule has 0 aliphatic rings. The number of carbonyl (C=O) groups is 2. The van der Waals surface area contributed by atoms with Gasteiger partial charge in [-0.15, -0.1) is 11.8 Å². The van der Waals surface area contributed by atoms with E-state index in [9.17, 15) is 9.59 Å². The van der Waals surface area contributed by atoms with Crippen LogP contribution in [0.25, 0.3) is 0 Å². The Hall–Kier alpha value is -2.18. The SMILES string of the molecule is CCC(Sc1cccc(NC(=O)Cc2ccc(Cl)cc2)c1)C(=O)Nc1cc(Cl)cc(Cl)c1. The zero-order chi connectivity index (χ0) is 23.1. The number of hydrogen-bond donors (Lipinski definition) is 2.